The van der Waals surface area contributed by atoms with Crippen LogP contribution in [-0.2, 0) is 9.53 Å². The number of nitrogens with one attached hydrogen (secondary N) is 1. The van der Waals surface area contributed by atoms with Crippen molar-refractivity contribution in [3.05, 3.63) is 0 Å². The van der Waals surface area contributed by atoms with Gasteiger partial charge in [0.1, 0.15) is 0 Å². The normalized spacial score (nSPS) is 30.4. The molecule has 0 saturated carbocycles. The van der Waals surface area contributed by atoms with E-state index < -0.39 is 0 Å². The Kier molecular flexibility index (Phi) is 4.78. The Bertz CT molecular complexity index is 236. The zero-order valence-corrected chi connectivity index (χ0v) is 11.0. The second-order valence-electron chi connectivity index (χ2n) is 5.36. The molecule has 1 rings (SSSR count). The lowest BCUT2D eigenvalue weighted by Crippen LogP contribution is -2.50. The monoisotopic (exact) mass is 227 g/mol. The smallest absolute Gasteiger partial charge is 0.313 e. The lowest BCUT2D eigenvalue weighted by molar-refractivity contribution is -0.156. The molecular weight excluding hydrogens is 202 g/mol. The number of piperidine rings is 1. The molecule has 3 nitrogen and oxygen atoms in total. The van der Waals surface area contributed by atoms with Crippen LogP contribution in [0.3, 0.4) is 0 Å². The lowest BCUT2D eigenvalue weighted by atomic mass is 9.70. The predicted octanol–water partition coefficient (Wildman–Crippen LogP) is 2.21. The fourth-order valence-electron chi connectivity index (χ4n) is 2.76. The van der Waals surface area contributed by atoms with E-state index in [-0.39, 0.29) is 11.4 Å². The average Bonchev–Trinajstić information content (AvgIpc) is 2.28. The molecule has 0 spiro atoms. The summed E-state index contributed by atoms with van der Waals surface area (Å²) in [6.45, 7) is 8.39. The van der Waals surface area contributed by atoms with Crippen LogP contribution in [0.2, 0.25) is 0 Å². The third-order valence-electron chi connectivity index (χ3n) is 3.81. The number of ether oxygens (including phenoxy) is 1. The number of carbonyl (C=O) groups excluding carboxylic acids is 1. The highest BCUT2D eigenvalue weighted by atomic mass is 16.5. The molecule has 0 aromatic rings. The Hall–Kier alpha value is -0.570. The molecule has 3 heteroatoms. The van der Waals surface area contributed by atoms with E-state index in [0.29, 0.717) is 11.8 Å². The topological polar surface area (TPSA) is 38.3 Å². The van der Waals surface area contributed by atoms with Gasteiger partial charge in [0.15, 0.2) is 0 Å². The number of rotatable bonds is 4. The van der Waals surface area contributed by atoms with Crippen molar-refractivity contribution in [1.29, 1.82) is 0 Å². The van der Waals surface area contributed by atoms with Crippen molar-refractivity contribution < 1.29 is 9.53 Å². The van der Waals surface area contributed by atoms with Crippen molar-refractivity contribution in [3.63, 3.8) is 0 Å². The summed E-state index contributed by atoms with van der Waals surface area (Å²) in [4.78, 5) is 12.0. The molecule has 1 heterocycles. The van der Waals surface area contributed by atoms with Gasteiger partial charge < -0.3 is 10.1 Å². The Morgan fingerprint density at radius 2 is 2.25 bits per heavy atom. The summed E-state index contributed by atoms with van der Waals surface area (Å²) in [5.41, 5.74) is -0.281. The predicted molar refractivity (Wildman–Crippen MR) is 65.2 cm³/mol. The molecule has 0 aromatic heterocycles. The van der Waals surface area contributed by atoms with Gasteiger partial charge >= 0.3 is 5.97 Å². The van der Waals surface area contributed by atoms with Gasteiger partial charge in [-0.3, -0.25) is 4.79 Å². The second-order valence-corrected chi connectivity index (χ2v) is 5.36. The number of methoxy groups -OCH3 is 1. The molecule has 16 heavy (non-hydrogen) atoms. The van der Waals surface area contributed by atoms with E-state index in [2.05, 4.69) is 26.1 Å². The summed E-state index contributed by atoms with van der Waals surface area (Å²) in [5.74, 6) is 1.17. The average molecular weight is 227 g/mol. The van der Waals surface area contributed by atoms with E-state index in [9.17, 15) is 4.79 Å². The van der Waals surface area contributed by atoms with Gasteiger partial charge in [0.05, 0.1) is 12.5 Å². The van der Waals surface area contributed by atoms with Crippen LogP contribution in [0.4, 0.5) is 0 Å². The summed E-state index contributed by atoms with van der Waals surface area (Å²) in [6, 6.07) is 0. The fourth-order valence-corrected chi connectivity index (χ4v) is 2.76. The molecule has 1 N–H and O–H groups in total. The van der Waals surface area contributed by atoms with Crippen LogP contribution in [0.5, 0.6) is 0 Å². The van der Waals surface area contributed by atoms with Crippen LogP contribution in [-0.4, -0.2) is 26.2 Å². The van der Waals surface area contributed by atoms with E-state index in [1.54, 1.807) is 0 Å². The zero-order chi connectivity index (χ0) is 12.2. The van der Waals surface area contributed by atoms with Crippen molar-refractivity contribution in [3.8, 4) is 0 Å². The summed E-state index contributed by atoms with van der Waals surface area (Å²) in [5, 5.41) is 3.41. The van der Waals surface area contributed by atoms with Crippen LogP contribution < -0.4 is 5.32 Å². The Balaban J connectivity index is 2.79. The maximum absolute atomic E-state index is 12.0. The maximum Gasteiger partial charge on any atom is 0.313 e. The molecule has 1 aliphatic rings. The van der Waals surface area contributed by atoms with Crippen LogP contribution in [0.1, 0.15) is 40.0 Å². The first-order chi connectivity index (χ1) is 7.55. The molecule has 94 valence electrons. The van der Waals surface area contributed by atoms with Crippen molar-refractivity contribution in [2.24, 2.45) is 17.3 Å². The van der Waals surface area contributed by atoms with E-state index in [1.807, 2.05) is 0 Å². The van der Waals surface area contributed by atoms with E-state index in [0.717, 1.165) is 32.4 Å². The zero-order valence-electron chi connectivity index (χ0n) is 11.0. The molecule has 2 unspecified atom stereocenters. The molecule has 0 amide bonds. The fraction of sp³-hybridized carbons (Fsp3) is 0.923. The van der Waals surface area contributed by atoms with E-state index >= 15 is 0 Å². The maximum atomic E-state index is 12.0. The summed E-state index contributed by atoms with van der Waals surface area (Å²) >= 11 is 0. The molecular formula is C13H25NO2. The van der Waals surface area contributed by atoms with Gasteiger partial charge in [0.2, 0.25) is 0 Å². The molecule has 0 aromatic carbocycles. The van der Waals surface area contributed by atoms with Gasteiger partial charge in [-0.2, -0.15) is 0 Å². The van der Waals surface area contributed by atoms with Gasteiger partial charge in [0, 0.05) is 6.54 Å². The van der Waals surface area contributed by atoms with Gasteiger partial charge in [-0.15, -0.1) is 0 Å². The number of carbonyl (C=O) groups is 1. The van der Waals surface area contributed by atoms with Crippen molar-refractivity contribution in [2.45, 2.75) is 40.0 Å². The van der Waals surface area contributed by atoms with Gasteiger partial charge in [0.25, 0.3) is 0 Å². The van der Waals surface area contributed by atoms with Crippen LogP contribution in [0, 0.1) is 17.3 Å². The molecule has 2 atom stereocenters. The molecule has 0 bridgehead atoms. The highest BCUT2D eigenvalue weighted by molar-refractivity contribution is 5.77. The van der Waals surface area contributed by atoms with Crippen LogP contribution in [0.25, 0.3) is 0 Å². The minimum Gasteiger partial charge on any atom is -0.469 e. The lowest BCUT2D eigenvalue weighted by Gasteiger charge is -2.40. The number of esters is 1. The summed E-state index contributed by atoms with van der Waals surface area (Å²) < 4.78 is 4.99. The Morgan fingerprint density at radius 1 is 1.56 bits per heavy atom. The van der Waals surface area contributed by atoms with Gasteiger partial charge in [-0.1, -0.05) is 27.2 Å². The number of hydrogen-bond acceptors (Lipinski definition) is 3. The molecule has 1 saturated heterocycles. The molecule has 0 radical (unpaired) electrons. The first-order valence-electron chi connectivity index (χ1n) is 6.35. The Morgan fingerprint density at radius 3 is 2.75 bits per heavy atom. The highest BCUT2D eigenvalue weighted by Gasteiger charge is 2.43. The SMILES string of the molecule is CCCC1(C(=O)OC)CNCC(C(C)C)C1. The summed E-state index contributed by atoms with van der Waals surface area (Å²) in [7, 11) is 1.50. The largest absolute Gasteiger partial charge is 0.469 e. The van der Waals surface area contributed by atoms with Crippen molar-refractivity contribution in [2.75, 3.05) is 20.2 Å². The van der Waals surface area contributed by atoms with Gasteiger partial charge in [-0.25, -0.2) is 0 Å². The standard InChI is InChI=1S/C13H25NO2/c1-5-6-13(12(15)16-4)7-11(10(2)3)8-14-9-13/h10-11,14H,5-9H2,1-4H3. The third-order valence-corrected chi connectivity index (χ3v) is 3.81. The van der Waals surface area contributed by atoms with Crippen LogP contribution >= 0.6 is 0 Å². The highest BCUT2D eigenvalue weighted by Crippen LogP contribution is 2.37. The minimum absolute atomic E-state index is 0.0350. The minimum atomic E-state index is -0.281. The van der Waals surface area contributed by atoms with E-state index in [1.165, 1.54) is 7.11 Å². The number of hydrogen-bond donors (Lipinski definition) is 1. The van der Waals surface area contributed by atoms with Gasteiger partial charge in [-0.05, 0) is 31.2 Å². The van der Waals surface area contributed by atoms with Crippen LogP contribution in [0.15, 0.2) is 0 Å². The second kappa shape index (κ2) is 5.67. The first kappa shape index (κ1) is 13.5. The molecule has 1 aliphatic heterocycles. The first-order valence-corrected chi connectivity index (χ1v) is 6.35. The molecule has 1 fully saturated rings. The summed E-state index contributed by atoms with van der Waals surface area (Å²) in [6.07, 6.45) is 2.93. The quantitative estimate of drug-likeness (QED) is 0.748. The molecule has 0 aliphatic carbocycles. The Labute approximate surface area is 98.9 Å². The van der Waals surface area contributed by atoms with E-state index in [4.69, 9.17) is 4.74 Å². The van der Waals surface area contributed by atoms with Crippen molar-refractivity contribution >= 4 is 5.97 Å². The van der Waals surface area contributed by atoms with Crippen molar-refractivity contribution in [1.82, 2.24) is 5.32 Å². The third kappa shape index (κ3) is 2.76.